The highest BCUT2D eigenvalue weighted by atomic mass is 35.5. The Bertz CT molecular complexity index is 1150. The summed E-state index contributed by atoms with van der Waals surface area (Å²) in [5, 5.41) is 5.63. The molecule has 2 N–H and O–H groups in total. The lowest BCUT2D eigenvalue weighted by molar-refractivity contribution is -0.137. The first-order valence-corrected chi connectivity index (χ1v) is 10.4. The molecule has 3 rings (SSSR count). The number of anilines is 2. The largest absolute Gasteiger partial charge is 0.486 e. The van der Waals surface area contributed by atoms with Crippen LogP contribution in [0.4, 0.5) is 24.5 Å². The van der Waals surface area contributed by atoms with Gasteiger partial charge in [0, 0.05) is 17.6 Å². The third-order valence-electron chi connectivity index (χ3n) is 4.12. The molecule has 0 spiro atoms. The van der Waals surface area contributed by atoms with E-state index >= 15 is 0 Å². The maximum Gasteiger partial charge on any atom is 0.418 e. The molecule has 6 nitrogen and oxygen atoms in total. The Morgan fingerprint density at radius 2 is 1.81 bits per heavy atom. The van der Waals surface area contributed by atoms with Gasteiger partial charge in [-0.2, -0.15) is 13.2 Å². The number of halogens is 4. The Kier molecular flexibility index (Phi) is 7.05. The van der Waals surface area contributed by atoms with E-state index in [1.165, 1.54) is 13.0 Å². The molecule has 1 heterocycles. The maximum atomic E-state index is 13.5. The zero-order valence-corrected chi connectivity index (χ0v) is 18.4. The van der Waals surface area contributed by atoms with Gasteiger partial charge in [-0.05, 0) is 49.4 Å². The number of nitrogens with one attached hydrogen (secondary N) is 2. The number of alkyl halides is 3. The van der Waals surface area contributed by atoms with Crippen molar-refractivity contribution in [2.75, 3.05) is 10.6 Å². The van der Waals surface area contributed by atoms with Crippen molar-refractivity contribution in [1.29, 1.82) is 0 Å². The average molecular weight is 484 g/mol. The molecule has 32 heavy (non-hydrogen) atoms. The topological polar surface area (TPSA) is 80.3 Å². The second kappa shape index (κ2) is 9.58. The molecular weight excluding hydrogens is 467 g/mol. The average Bonchev–Trinajstić information content (AvgIpc) is 3.08. The van der Waals surface area contributed by atoms with Gasteiger partial charge in [0.25, 0.3) is 5.91 Å². The summed E-state index contributed by atoms with van der Waals surface area (Å²) >= 11 is 6.85. The number of benzene rings is 2. The second-order valence-electron chi connectivity index (χ2n) is 6.66. The van der Waals surface area contributed by atoms with Crippen molar-refractivity contribution in [1.82, 2.24) is 4.98 Å². The van der Waals surface area contributed by atoms with Gasteiger partial charge in [-0.3, -0.25) is 9.59 Å². The van der Waals surface area contributed by atoms with Gasteiger partial charge in [0.15, 0.2) is 0 Å². The number of carbonyl (C=O) groups excluding carboxylic acids is 2. The van der Waals surface area contributed by atoms with Crippen molar-refractivity contribution in [3.05, 3.63) is 68.6 Å². The molecule has 0 fully saturated rings. The van der Waals surface area contributed by atoms with Crippen LogP contribution in [-0.4, -0.2) is 16.8 Å². The standard InChI is InChI=1S/C21H17ClF3N3O3S/c1-11-19(32-18(26-11)10-31-15-6-3-13(22)4-7-15)20(30)28-17-8-5-14(27-12(2)29)9-16(17)21(23,24)25/h3-9H,10H2,1-2H3,(H,27,29)(H,28,30). The molecule has 0 aliphatic rings. The molecule has 0 saturated heterocycles. The van der Waals surface area contributed by atoms with Gasteiger partial charge in [-0.15, -0.1) is 11.3 Å². The van der Waals surface area contributed by atoms with Crippen molar-refractivity contribution in [2.24, 2.45) is 0 Å². The fourth-order valence-electron chi connectivity index (χ4n) is 2.75. The first-order valence-electron chi connectivity index (χ1n) is 9.18. The Hall–Kier alpha value is -3.11. The third-order valence-corrected chi connectivity index (χ3v) is 5.50. The van der Waals surface area contributed by atoms with Crippen molar-refractivity contribution >= 4 is 46.1 Å². The number of rotatable bonds is 6. The van der Waals surface area contributed by atoms with Crippen molar-refractivity contribution in [3.63, 3.8) is 0 Å². The number of hydrogen-bond acceptors (Lipinski definition) is 5. The highest BCUT2D eigenvalue weighted by Crippen LogP contribution is 2.37. The molecule has 2 amide bonds. The zero-order chi connectivity index (χ0) is 23.5. The van der Waals surface area contributed by atoms with Crippen molar-refractivity contribution in [3.8, 4) is 5.75 Å². The van der Waals surface area contributed by atoms with E-state index in [4.69, 9.17) is 16.3 Å². The predicted octanol–water partition coefficient (Wildman–Crippen LogP) is 5.91. The third kappa shape index (κ3) is 5.98. The van der Waals surface area contributed by atoms with Crippen molar-refractivity contribution in [2.45, 2.75) is 26.6 Å². The molecule has 0 aliphatic heterocycles. The van der Waals surface area contributed by atoms with Crippen LogP contribution in [0.5, 0.6) is 5.75 Å². The Morgan fingerprint density at radius 1 is 1.12 bits per heavy atom. The number of amides is 2. The molecule has 0 aliphatic carbocycles. The van der Waals surface area contributed by atoms with Crippen LogP contribution in [0, 0.1) is 6.92 Å². The minimum atomic E-state index is -4.74. The molecule has 3 aromatic rings. The lowest BCUT2D eigenvalue weighted by atomic mass is 10.1. The fraction of sp³-hybridized carbons (Fsp3) is 0.190. The van der Waals surface area contributed by atoms with Gasteiger partial charge in [0.1, 0.15) is 22.2 Å². The van der Waals surface area contributed by atoms with E-state index in [1.807, 2.05) is 0 Å². The summed E-state index contributed by atoms with van der Waals surface area (Å²) in [5.74, 6) is -0.679. The van der Waals surface area contributed by atoms with Gasteiger partial charge in [-0.1, -0.05) is 11.6 Å². The van der Waals surface area contributed by atoms with Crippen LogP contribution in [0.2, 0.25) is 5.02 Å². The van der Waals surface area contributed by atoms with E-state index in [2.05, 4.69) is 15.6 Å². The quantitative estimate of drug-likeness (QED) is 0.456. The predicted molar refractivity (Wildman–Crippen MR) is 116 cm³/mol. The van der Waals surface area contributed by atoms with Crippen LogP contribution in [0.15, 0.2) is 42.5 Å². The normalized spacial score (nSPS) is 11.2. The van der Waals surface area contributed by atoms with E-state index in [9.17, 15) is 22.8 Å². The Balaban J connectivity index is 1.77. The van der Waals surface area contributed by atoms with Crippen molar-refractivity contribution < 1.29 is 27.5 Å². The van der Waals surface area contributed by atoms with Crippen LogP contribution in [0.3, 0.4) is 0 Å². The van der Waals surface area contributed by atoms with Crippen LogP contribution in [0.1, 0.15) is 32.9 Å². The zero-order valence-electron chi connectivity index (χ0n) is 16.8. The van der Waals surface area contributed by atoms with E-state index in [1.54, 1.807) is 31.2 Å². The van der Waals surface area contributed by atoms with E-state index in [0.29, 0.717) is 21.5 Å². The number of aryl methyl sites for hydroxylation is 1. The number of hydrogen-bond donors (Lipinski definition) is 2. The lowest BCUT2D eigenvalue weighted by Gasteiger charge is -2.15. The first-order chi connectivity index (χ1) is 15.0. The summed E-state index contributed by atoms with van der Waals surface area (Å²) in [6.07, 6.45) is -4.74. The highest BCUT2D eigenvalue weighted by molar-refractivity contribution is 7.13. The summed E-state index contributed by atoms with van der Waals surface area (Å²) in [4.78, 5) is 28.2. The first kappa shape index (κ1) is 23.6. The molecule has 0 atom stereocenters. The number of thiazole rings is 1. The fourth-order valence-corrected chi connectivity index (χ4v) is 3.75. The van der Waals surface area contributed by atoms with E-state index in [-0.39, 0.29) is 17.2 Å². The summed E-state index contributed by atoms with van der Waals surface area (Å²) < 4.78 is 46.1. The molecule has 168 valence electrons. The van der Waals surface area contributed by atoms with Crippen LogP contribution < -0.4 is 15.4 Å². The molecule has 0 unspecified atom stereocenters. The minimum Gasteiger partial charge on any atom is -0.486 e. The highest BCUT2D eigenvalue weighted by Gasteiger charge is 2.34. The van der Waals surface area contributed by atoms with Gasteiger partial charge in [0.05, 0.1) is 16.9 Å². The van der Waals surface area contributed by atoms with Gasteiger partial charge < -0.3 is 15.4 Å². The number of carbonyl (C=O) groups is 2. The number of aromatic nitrogens is 1. The van der Waals surface area contributed by atoms with Gasteiger partial charge >= 0.3 is 6.18 Å². The molecular formula is C21H17ClF3N3O3S. The smallest absolute Gasteiger partial charge is 0.418 e. The molecule has 0 saturated carbocycles. The molecule has 0 bridgehead atoms. The minimum absolute atomic E-state index is 0.0292. The van der Waals surface area contributed by atoms with E-state index in [0.717, 1.165) is 23.5 Å². The SMILES string of the molecule is CC(=O)Nc1ccc(NC(=O)c2sc(COc3ccc(Cl)cc3)nc2C)c(C(F)(F)F)c1. The van der Waals surface area contributed by atoms with E-state index < -0.39 is 29.2 Å². The number of nitrogens with zero attached hydrogens (tertiary/aromatic N) is 1. The maximum absolute atomic E-state index is 13.5. The Morgan fingerprint density at radius 3 is 2.44 bits per heavy atom. The van der Waals surface area contributed by atoms with Crippen LogP contribution in [0.25, 0.3) is 0 Å². The lowest BCUT2D eigenvalue weighted by Crippen LogP contribution is -2.17. The monoisotopic (exact) mass is 483 g/mol. The van der Waals surface area contributed by atoms with Gasteiger partial charge in [-0.25, -0.2) is 4.98 Å². The molecule has 11 heteroatoms. The molecule has 2 aromatic carbocycles. The van der Waals surface area contributed by atoms with Crippen LogP contribution in [-0.2, 0) is 17.6 Å². The van der Waals surface area contributed by atoms with Crippen LogP contribution >= 0.6 is 22.9 Å². The summed E-state index contributed by atoms with van der Waals surface area (Å²) in [5.41, 5.74) is -1.17. The number of ether oxygens (including phenoxy) is 1. The second-order valence-corrected chi connectivity index (χ2v) is 8.18. The molecule has 1 aromatic heterocycles. The Labute approximate surface area is 190 Å². The molecule has 0 radical (unpaired) electrons. The summed E-state index contributed by atoms with van der Waals surface area (Å²) in [6.45, 7) is 2.85. The summed E-state index contributed by atoms with van der Waals surface area (Å²) in [7, 11) is 0. The summed E-state index contributed by atoms with van der Waals surface area (Å²) in [6, 6.07) is 9.82. The van der Waals surface area contributed by atoms with Gasteiger partial charge in [0.2, 0.25) is 5.91 Å².